The average Bonchev–Trinajstić information content (AvgIpc) is 3.30. The number of nitrogens with one attached hydrogen (secondary N) is 3. The average molecular weight is 478 g/mol. The first kappa shape index (κ1) is 23.7. The minimum absolute atomic E-state index is 0.141. The van der Waals surface area contributed by atoms with Gasteiger partial charge >= 0.3 is 18.1 Å². The van der Waals surface area contributed by atoms with Crippen LogP contribution in [0.2, 0.25) is 5.15 Å². The first-order valence-electron chi connectivity index (χ1n) is 9.51. The van der Waals surface area contributed by atoms with Crippen molar-refractivity contribution in [2.75, 3.05) is 19.6 Å². The lowest BCUT2D eigenvalue weighted by molar-refractivity contribution is -0.192. The molecule has 174 valence electrons. The number of piperidine rings is 1. The van der Waals surface area contributed by atoms with Crippen molar-refractivity contribution in [2.45, 2.75) is 31.5 Å². The number of fused-ring (bicyclic) bond motifs is 1. The fourth-order valence-electron chi connectivity index (χ4n) is 3.65. The molecule has 1 unspecified atom stereocenters. The second-order valence-corrected chi connectivity index (χ2v) is 7.79. The second kappa shape index (κ2) is 9.28. The van der Waals surface area contributed by atoms with Crippen LogP contribution in [-0.4, -0.2) is 70.0 Å². The molecule has 32 heavy (non-hydrogen) atoms. The van der Waals surface area contributed by atoms with Gasteiger partial charge in [-0.3, -0.25) is 14.7 Å². The number of carbonyl (C=O) groups is 3. The van der Waals surface area contributed by atoms with Crippen molar-refractivity contribution in [2.24, 2.45) is 5.41 Å². The number of esters is 1. The molecule has 4 rings (SSSR count). The first-order valence-corrected chi connectivity index (χ1v) is 9.89. The van der Waals surface area contributed by atoms with Crippen LogP contribution < -0.4 is 10.6 Å². The number of hydrogen-bond donors (Lipinski definition) is 4. The number of nitrogens with zero attached hydrogens (tertiary/aromatic N) is 2. The standard InChI is InChI=1S/C16H18ClN5O3.C2HF3O2/c17-12-5-10(11-8-20-22-13(11)21-12)14(23)19-7-9-6-16(15(24)25-9)1-3-18-4-2-16;3-2(4,5)1(6)7/h5,8-9,18H,1-4,6-7H2,(H,19,23)(H,20,21,22);(H,6,7). The number of ether oxygens (including phenoxy) is 1. The summed E-state index contributed by atoms with van der Waals surface area (Å²) in [4.78, 5) is 37.8. The number of cyclic esters (lactones) is 1. The van der Waals surface area contributed by atoms with Gasteiger partial charge < -0.3 is 20.5 Å². The highest BCUT2D eigenvalue weighted by molar-refractivity contribution is 6.30. The molecule has 0 aliphatic carbocycles. The number of amides is 1. The van der Waals surface area contributed by atoms with Crippen LogP contribution in [0.3, 0.4) is 0 Å². The Balaban J connectivity index is 0.000000360. The summed E-state index contributed by atoms with van der Waals surface area (Å²) in [7, 11) is 0. The zero-order valence-electron chi connectivity index (χ0n) is 16.5. The lowest BCUT2D eigenvalue weighted by Gasteiger charge is -2.29. The molecule has 0 saturated carbocycles. The van der Waals surface area contributed by atoms with Gasteiger partial charge in [-0.25, -0.2) is 9.78 Å². The van der Waals surface area contributed by atoms with Crippen molar-refractivity contribution in [1.29, 1.82) is 0 Å². The maximum atomic E-state index is 12.5. The number of halogens is 4. The van der Waals surface area contributed by atoms with Crippen LogP contribution in [0, 0.1) is 5.41 Å². The maximum absolute atomic E-state index is 12.5. The summed E-state index contributed by atoms with van der Waals surface area (Å²) in [6.07, 6.45) is -1.64. The molecule has 14 heteroatoms. The number of alkyl halides is 3. The number of aromatic amines is 1. The summed E-state index contributed by atoms with van der Waals surface area (Å²) in [6.45, 7) is 1.92. The van der Waals surface area contributed by atoms with E-state index in [-0.39, 0.29) is 29.7 Å². The van der Waals surface area contributed by atoms with Crippen LogP contribution in [0.1, 0.15) is 29.6 Å². The van der Waals surface area contributed by atoms with Gasteiger partial charge in [-0.15, -0.1) is 0 Å². The third-order valence-corrected chi connectivity index (χ3v) is 5.45. The normalized spacial score (nSPS) is 19.9. The Hall–Kier alpha value is -2.93. The van der Waals surface area contributed by atoms with E-state index in [4.69, 9.17) is 26.2 Å². The zero-order chi connectivity index (χ0) is 23.5. The van der Waals surface area contributed by atoms with E-state index < -0.39 is 17.6 Å². The van der Waals surface area contributed by atoms with Gasteiger partial charge in [0.15, 0.2) is 5.65 Å². The number of pyridine rings is 1. The molecule has 2 saturated heterocycles. The number of H-pyrrole nitrogens is 1. The van der Waals surface area contributed by atoms with Gasteiger partial charge in [0, 0.05) is 6.42 Å². The highest BCUT2D eigenvalue weighted by Crippen LogP contribution is 2.41. The number of rotatable bonds is 3. The molecular formula is C18H19ClF3N5O5. The molecule has 0 radical (unpaired) electrons. The van der Waals surface area contributed by atoms with Crippen LogP contribution in [-0.2, 0) is 14.3 Å². The summed E-state index contributed by atoms with van der Waals surface area (Å²) in [5.74, 6) is -3.19. The van der Waals surface area contributed by atoms with E-state index in [2.05, 4.69) is 25.8 Å². The number of aliphatic carboxylic acids is 1. The van der Waals surface area contributed by atoms with Gasteiger partial charge in [0.05, 0.1) is 29.1 Å². The van der Waals surface area contributed by atoms with Gasteiger partial charge in [0.25, 0.3) is 5.91 Å². The SMILES string of the molecule is O=C(NCC1CC2(CCNCC2)C(=O)O1)c1cc(Cl)nc2[nH]ncc12.O=C(O)C(F)(F)F. The Bertz CT molecular complexity index is 1020. The van der Waals surface area contributed by atoms with Gasteiger partial charge in [-0.2, -0.15) is 18.3 Å². The maximum Gasteiger partial charge on any atom is 0.490 e. The topological polar surface area (TPSA) is 146 Å². The van der Waals surface area contributed by atoms with E-state index in [9.17, 15) is 22.8 Å². The van der Waals surface area contributed by atoms with Gasteiger partial charge in [-0.05, 0) is 32.0 Å². The van der Waals surface area contributed by atoms with E-state index in [0.717, 1.165) is 25.9 Å². The molecule has 1 atom stereocenters. The number of aromatic nitrogens is 3. The second-order valence-electron chi connectivity index (χ2n) is 7.40. The third kappa shape index (κ3) is 5.27. The van der Waals surface area contributed by atoms with Crippen molar-refractivity contribution in [1.82, 2.24) is 25.8 Å². The summed E-state index contributed by atoms with van der Waals surface area (Å²) in [5, 5.41) is 20.6. The number of carbonyl (C=O) groups excluding carboxylic acids is 2. The van der Waals surface area contributed by atoms with Gasteiger partial charge in [0.1, 0.15) is 11.3 Å². The summed E-state index contributed by atoms with van der Waals surface area (Å²) < 4.78 is 37.2. The van der Waals surface area contributed by atoms with Crippen LogP contribution in [0.15, 0.2) is 12.3 Å². The van der Waals surface area contributed by atoms with E-state index in [1.165, 1.54) is 12.3 Å². The highest BCUT2D eigenvalue weighted by atomic mass is 35.5. The zero-order valence-corrected chi connectivity index (χ0v) is 17.2. The fourth-order valence-corrected chi connectivity index (χ4v) is 3.85. The predicted molar refractivity (Wildman–Crippen MR) is 104 cm³/mol. The molecule has 4 heterocycles. The molecule has 4 N–H and O–H groups in total. The van der Waals surface area contributed by atoms with Gasteiger partial charge in [-0.1, -0.05) is 11.6 Å². The number of hydrogen-bond acceptors (Lipinski definition) is 7. The van der Waals surface area contributed by atoms with E-state index in [1.54, 1.807) is 0 Å². The summed E-state index contributed by atoms with van der Waals surface area (Å²) >= 11 is 5.95. The van der Waals surface area contributed by atoms with E-state index in [0.29, 0.717) is 23.0 Å². The Morgan fingerprint density at radius 1 is 1.34 bits per heavy atom. The fraction of sp³-hybridized carbons (Fsp3) is 0.500. The first-order chi connectivity index (χ1) is 15.0. The lowest BCUT2D eigenvalue weighted by Crippen LogP contribution is -2.39. The molecular weight excluding hydrogens is 459 g/mol. The van der Waals surface area contributed by atoms with Crippen LogP contribution in [0.25, 0.3) is 11.0 Å². The summed E-state index contributed by atoms with van der Waals surface area (Å²) in [5.41, 5.74) is 0.460. The monoisotopic (exact) mass is 477 g/mol. The molecule has 2 aromatic heterocycles. The molecule has 1 spiro atoms. The third-order valence-electron chi connectivity index (χ3n) is 5.25. The molecule has 0 aromatic carbocycles. The van der Waals surface area contributed by atoms with Crippen LogP contribution >= 0.6 is 11.6 Å². The molecule has 2 fully saturated rings. The minimum Gasteiger partial charge on any atom is -0.475 e. The van der Waals surface area contributed by atoms with Crippen molar-refractivity contribution < 1.29 is 37.4 Å². The number of carboxylic acid groups (broad SMARTS) is 1. The predicted octanol–water partition coefficient (Wildman–Crippen LogP) is 1.66. The minimum atomic E-state index is -5.08. The Morgan fingerprint density at radius 3 is 2.62 bits per heavy atom. The smallest absolute Gasteiger partial charge is 0.475 e. The molecule has 2 aliphatic heterocycles. The van der Waals surface area contributed by atoms with Crippen LogP contribution in [0.5, 0.6) is 0 Å². The molecule has 2 aromatic rings. The Kier molecular flexibility index (Phi) is 6.88. The Morgan fingerprint density at radius 2 is 2.00 bits per heavy atom. The van der Waals surface area contributed by atoms with Crippen molar-refractivity contribution in [3.63, 3.8) is 0 Å². The largest absolute Gasteiger partial charge is 0.490 e. The van der Waals surface area contributed by atoms with Crippen molar-refractivity contribution in [3.8, 4) is 0 Å². The van der Waals surface area contributed by atoms with Crippen LogP contribution in [0.4, 0.5) is 13.2 Å². The molecule has 10 nitrogen and oxygen atoms in total. The lowest BCUT2D eigenvalue weighted by atomic mass is 9.76. The Labute approximate surface area is 183 Å². The quantitative estimate of drug-likeness (QED) is 0.385. The van der Waals surface area contributed by atoms with E-state index >= 15 is 0 Å². The van der Waals surface area contributed by atoms with Crippen molar-refractivity contribution >= 4 is 40.5 Å². The van der Waals surface area contributed by atoms with E-state index in [1.807, 2.05) is 0 Å². The molecule has 2 aliphatic rings. The van der Waals surface area contributed by atoms with Crippen molar-refractivity contribution in [3.05, 3.63) is 23.0 Å². The number of carboxylic acids is 1. The summed E-state index contributed by atoms with van der Waals surface area (Å²) in [6, 6.07) is 1.50. The molecule has 1 amide bonds. The molecule has 0 bridgehead atoms. The van der Waals surface area contributed by atoms with Gasteiger partial charge in [0.2, 0.25) is 0 Å². The highest BCUT2D eigenvalue weighted by Gasteiger charge is 2.49.